The molecule has 1 N–H and O–H groups in total. The molecule has 4 rings (SSSR count). The van der Waals surface area contributed by atoms with Gasteiger partial charge in [-0.2, -0.15) is 0 Å². The third-order valence-electron chi connectivity index (χ3n) is 5.22. The first kappa shape index (κ1) is 16.3. The van der Waals surface area contributed by atoms with Gasteiger partial charge < -0.3 is 14.9 Å². The number of carbonyl (C=O) groups excluding carboxylic acids is 1. The van der Waals surface area contributed by atoms with Crippen molar-refractivity contribution in [2.75, 3.05) is 24.5 Å². The summed E-state index contributed by atoms with van der Waals surface area (Å²) in [5.41, 5.74) is 1.02. The lowest BCUT2D eigenvalue weighted by Crippen LogP contribution is -2.46. The molecule has 25 heavy (non-hydrogen) atoms. The van der Waals surface area contributed by atoms with Gasteiger partial charge in [0.2, 0.25) is 5.91 Å². The maximum absolute atomic E-state index is 12.7. The number of carboxylic acids is 1. The van der Waals surface area contributed by atoms with Gasteiger partial charge in [-0.3, -0.25) is 4.79 Å². The Balaban J connectivity index is 1.41. The van der Waals surface area contributed by atoms with Gasteiger partial charge in [0.15, 0.2) is 5.13 Å². The highest BCUT2D eigenvalue weighted by Crippen LogP contribution is 2.32. The highest BCUT2D eigenvalue weighted by atomic mass is 32.1. The van der Waals surface area contributed by atoms with Gasteiger partial charge in [-0.05, 0) is 37.8 Å². The molecule has 0 saturated carbocycles. The van der Waals surface area contributed by atoms with E-state index in [2.05, 4.69) is 11.0 Å². The Labute approximate surface area is 150 Å². The fourth-order valence-electron chi connectivity index (χ4n) is 3.83. The van der Waals surface area contributed by atoms with Gasteiger partial charge in [-0.1, -0.05) is 23.5 Å². The SMILES string of the molecule is O=C(O)[C@@H]1CCCN1C(=O)C1CCN(c2nc3ccccc3s2)CC1. The van der Waals surface area contributed by atoms with Crippen molar-refractivity contribution in [2.45, 2.75) is 31.7 Å². The van der Waals surface area contributed by atoms with Gasteiger partial charge in [0.25, 0.3) is 0 Å². The molecule has 0 bridgehead atoms. The molecule has 1 aromatic heterocycles. The van der Waals surface area contributed by atoms with Gasteiger partial charge in [0, 0.05) is 25.6 Å². The molecule has 2 aliphatic heterocycles. The number of rotatable bonds is 3. The number of carbonyl (C=O) groups is 2. The number of amides is 1. The van der Waals surface area contributed by atoms with Gasteiger partial charge in [0.05, 0.1) is 10.2 Å². The smallest absolute Gasteiger partial charge is 0.326 e. The van der Waals surface area contributed by atoms with Gasteiger partial charge >= 0.3 is 5.97 Å². The fraction of sp³-hybridized carbons (Fsp3) is 0.500. The number of fused-ring (bicyclic) bond motifs is 1. The Morgan fingerprint density at radius 2 is 1.88 bits per heavy atom. The van der Waals surface area contributed by atoms with E-state index in [0.29, 0.717) is 13.0 Å². The third kappa shape index (κ3) is 3.08. The van der Waals surface area contributed by atoms with Crippen LogP contribution in [0.25, 0.3) is 10.2 Å². The first-order valence-electron chi connectivity index (χ1n) is 8.77. The monoisotopic (exact) mass is 359 g/mol. The van der Waals surface area contributed by atoms with E-state index in [4.69, 9.17) is 4.98 Å². The van der Waals surface area contributed by atoms with E-state index in [1.165, 1.54) is 4.70 Å². The van der Waals surface area contributed by atoms with Crippen LogP contribution in [0.2, 0.25) is 0 Å². The molecular formula is C18H21N3O3S. The number of hydrogen-bond donors (Lipinski definition) is 1. The Hall–Kier alpha value is -2.15. The number of hydrogen-bond acceptors (Lipinski definition) is 5. The summed E-state index contributed by atoms with van der Waals surface area (Å²) in [5, 5.41) is 10.3. The maximum atomic E-state index is 12.7. The first-order chi connectivity index (χ1) is 12.1. The minimum Gasteiger partial charge on any atom is -0.480 e. The van der Waals surface area contributed by atoms with E-state index in [1.54, 1.807) is 16.2 Å². The van der Waals surface area contributed by atoms with Gasteiger partial charge in [0.1, 0.15) is 6.04 Å². The zero-order valence-corrected chi connectivity index (χ0v) is 14.7. The van der Waals surface area contributed by atoms with Crippen LogP contribution in [-0.4, -0.2) is 52.5 Å². The summed E-state index contributed by atoms with van der Waals surface area (Å²) in [4.78, 5) is 32.6. The van der Waals surface area contributed by atoms with E-state index in [9.17, 15) is 14.7 Å². The van der Waals surface area contributed by atoms with Gasteiger partial charge in [-0.15, -0.1) is 0 Å². The number of aromatic nitrogens is 1. The van der Waals surface area contributed by atoms with Crippen LogP contribution < -0.4 is 4.90 Å². The van der Waals surface area contributed by atoms with Crippen LogP contribution >= 0.6 is 11.3 Å². The first-order valence-corrected chi connectivity index (χ1v) is 9.59. The Bertz CT molecular complexity index is 765. The summed E-state index contributed by atoms with van der Waals surface area (Å²) < 4.78 is 1.18. The summed E-state index contributed by atoms with van der Waals surface area (Å²) >= 11 is 1.68. The van der Waals surface area contributed by atoms with Crippen LogP contribution in [0.5, 0.6) is 0 Å². The van der Waals surface area contributed by atoms with Crippen molar-refractivity contribution >= 4 is 38.6 Å². The van der Waals surface area contributed by atoms with E-state index in [-0.39, 0.29) is 11.8 Å². The number of aliphatic carboxylic acids is 1. The van der Waals surface area contributed by atoms with Crippen LogP contribution in [-0.2, 0) is 9.59 Å². The van der Waals surface area contributed by atoms with E-state index < -0.39 is 12.0 Å². The van der Waals surface area contributed by atoms with E-state index in [0.717, 1.165) is 43.0 Å². The summed E-state index contributed by atoms with van der Waals surface area (Å²) in [6.45, 7) is 2.16. The second-order valence-corrected chi connectivity index (χ2v) is 7.76. The number of anilines is 1. The molecule has 1 amide bonds. The average Bonchev–Trinajstić information content (AvgIpc) is 3.28. The summed E-state index contributed by atoms with van der Waals surface area (Å²) in [6, 6.07) is 7.47. The molecule has 0 spiro atoms. The van der Waals surface area contributed by atoms with Crippen LogP contribution in [0.15, 0.2) is 24.3 Å². The third-order valence-corrected chi connectivity index (χ3v) is 6.32. The molecule has 2 fully saturated rings. The molecule has 2 saturated heterocycles. The number of carboxylic acid groups (broad SMARTS) is 1. The van der Waals surface area contributed by atoms with Crippen molar-refractivity contribution in [2.24, 2.45) is 5.92 Å². The lowest BCUT2D eigenvalue weighted by atomic mass is 9.95. The zero-order chi connectivity index (χ0) is 17.4. The molecule has 7 heteroatoms. The maximum Gasteiger partial charge on any atom is 0.326 e. The fourth-order valence-corrected chi connectivity index (χ4v) is 4.85. The number of likely N-dealkylation sites (tertiary alicyclic amines) is 1. The minimum absolute atomic E-state index is 0.0221. The van der Waals surface area contributed by atoms with Crippen LogP contribution in [0, 0.1) is 5.92 Å². The summed E-state index contributed by atoms with van der Waals surface area (Å²) in [7, 11) is 0. The molecule has 2 aliphatic rings. The topological polar surface area (TPSA) is 73.7 Å². The minimum atomic E-state index is -0.877. The lowest BCUT2D eigenvalue weighted by molar-refractivity contribution is -0.150. The second-order valence-electron chi connectivity index (χ2n) is 6.75. The number of thiazole rings is 1. The quantitative estimate of drug-likeness (QED) is 0.912. The molecule has 1 atom stereocenters. The normalized spacial score (nSPS) is 21.8. The zero-order valence-electron chi connectivity index (χ0n) is 13.9. The largest absolute Gasteiger partial charge is 0.480 e. The molecular weight excluding hydrogens is 338 g/mol. The summed E-state index contributed by atoms with van der Waals surface area (Å²) in [6.07, 6.45) is 2.88. The van der Waals surface area contributed by atoms with Crippen molar-refractivity contribution in [1.82, 2.24) is 9.88 Å². The number of para-hydroxylation sites is 1. The number of nitrogens with zero attached hydrogens (tertiary/aromatic N) is 3. The average molecular weight is 359 g/mol. The second kappa shape index (κ2) is 6.63. The molecule has 1 aromatic carbocycles. The summed E-state index contributed by atoms with van der Waals surface area (Å²) in [5.74, 6) is -0.919. The predicted molar refractivity (Wildman–Crippen MR) is 96.9 cm³/mol. The van der Waals surface area contributed by atoms with Crippen molar-refractivity contribution in [3.8, 4) is 0 Å². The Kier molecular flexibility index (Phi) is 4.33. The molecule has 0 radical (unpaired) electrons. The molecule has 0 aliphatic carbocycles. The lowest BCUT2D eigenvalue weighted by Gasteiger charge is -2.34. The van der Waals surface area contributed by atoms with Crippen molar-refractivity contribution in [3.63, 3.8) is 0 Å². The van der Waals surface area contributed by atoms with Crippen molar-refractivity contribution in [1.29, 1.82) is 0 Å². The standard InChI is InChI=1S/C18H21N3O3S/c22-16(21-9-3-5-14(21)17(23)24)12-7-10-20(11-8-12)18-19-13-4-1-2-6-15(13)25-18/h1-2,4,6,12,14H,3,5,7-11H2,(H,23,24)/t14-/m0/s1. The molecule has 2 aromatic rings. The highest BCUT2D eigenvalue weighted by molar-refractivity contribution is 7.22. The predicted octanol–water partition coefficient (Wildman–Crippen LogP) is 2.59. The Morgan fingerprint density at radius 1 is 1.12 bits per heavy atom. The molecule has 0 unspecified atom stereocenters. The van der Waals surface area contributed by atoms with Gasteiger partial charge in [-0.25, -0.2) is 9.78 Å². The molecule has 6 nitrogen and oxygen atoms in total. The van der Waals surface area contributed by atoms with Crippen LogP contribution in [0.4, 0.5) is 5.13 Å². The number of piperidine rings is 1. The highest BCUT2D eigenvalue weighted by Gasteiger charge is 2.38. The van der Waals surface area contributed by atoms with Crippen molar-refractivity contribution in [3.05, 3.63) is 24.3 Å². The van der Waals surface area contributed by atoms with Crippen molar-refractivity contribution < 1.29 is 14.7 Å². The van der Waals surface area contributed by atoms with Crippen LogP contribution in [0.1, 0.15) is 25.7 Å². The molecule has 132 valence electrons. The number of benzene rings is 1. The van der Waals surface area contributed by atoms with Crippen LogP contribution in [0.3, 0.4) is 0 Å². The van der Waals surface area contributed by atoms with E-state index >= 15 is 0 Å². The van der Waals surface area contributed by atoms with E-state index in [1.807, 2.05) is 18.2 Å². The Morgan fingerprint density at radius 3 is 2.60 bits per heavy atom. The molecule has 3 heterocycles.